The van der Waals surface area contributed by atoms with Gasteiger partial charge >= 0.3 is 0 Å². The molecule has 0 bridgehead atoms. The SMILES string of the molecule is Cc1nc(Nc2ccc(NS(=O)(=O)c3cccc([N+](=O)[O-])c3)cc2)cc(N2CCOCC2)n1. The van der Waals surface area contributed by atoms with E-state index in [1.807, 2.05) is 13.0 Å². The molecule has 0 saturated carbocycles. The summed E-state index contributed by atoms with van der Waals surface area (Å²) in [6.45, 7) is 4.64. The van der Waals surface area contributed by atoms with Gasteiger partial charge in [0.2, 0.25) is 0 Å². The number of hydrogen-bond acceptors (Lipinski definition) is 9. The summed E-state index contributed by atoms with van der Waals surface area (Å²) in [5.74, 6) is 2.06. The molecule has 172 valence electrons. The molecule has 1 aliphatic rings. The van der Waals surface area contributed by atoms with Crippen LogP contribution in [0, 0.1) is 17.0 Å². The zero-order chi connectivity index (χ0) is 23.4. The summed E-state index contributed by atoms with van der Waals surface area (Å²) >= 11 is 0. The topological polar surface area (TPSA) is 140 Å². The quantitative estimate of drug-likeness (QED) is 0.394. The first-order chi connectivity index (χ1) is 15.8. The molecule has 0 radical (unpaired) electrons. The van der Waals surface area contributed by atoms with E-state index in [4.69, 9.17) is 4.74 Å². The zero-order valence-electron chi connectivity index (χ0n) is 17.8. The fourth-order valence-corrected chi connectivity index (χ4v) is 4.42. The van der Waals surface area contributed by atoms with E-state index >= 15 is 0 Å². The molecule has 2 N–H and O–H groups in total. The Balaban J connectivity index is 1.47. The van der Waals surface area contributed by atoms with Crippen LogP contribution in [-0.2, 0) is 14.8 Å². The second-order valence-corrected chi connectivity index (χ2v) is 9.00. The summed E-state index contributed by atoms with van der Waals surface area (Å²) in [7, 11) is -3.98. The molecule has 1 aromatic heterocycles. The van der Waals surface area contributed by atoms with Crippen LogP contribution in [0.2, 0.25) is 0 Å². The van der Waals surface area contributed by atoms with E-state index in [9.17, 15) is 18.5 Å². The smallest absolute Gasteiger partial charge is 0.270 e. The van der Waals surface area contributed by atoms with Gasteiger partial charge in [0.15, 0.2) is 0 Å². The maximum atomic E-state index is 12.6. The van der Waals surface area contributed by atoms with Gasteiger partial charge in [0.1, 0.15) is 17.5 Å². The van der Waals surface area contributed by atoms with Gasteiger partial charge in [0.25, 0.3) is 15.7 Å². The predicted molar refractivity (Wildman–Crippen MR) is 123 cm³/mol. The molecule has 1 aliphatic heterocycles. The average Bonchev–Trinajstić information content (AvgIpc) is 2.80. The van der Waals surface area contributed by atoms with Gasteiger partial charge in [-0.2, -0.15) is 0 Å². The monoisotopic (exact) mass is 470 g/mol. The molecule has 12 heteroatoms. The highest BCUT2D eigenvalue weighted by atomic mass is 32.2. The summed E-state index contributed by atoms with van der Waals surface area (Å²) in [6.07, 6.45) is 0. The van der Waals surface area contributed by atoms with Gasteiger partial charge in [0.05, 0.1) is 23.0 Å². The minimum atomic E-state index is -3.98. The van der Waals surface area contributed by atoms with Crippen molar-refractivity contribution in [3.63, 3.8) is 0 Å². The third kappa shape index (κ3) is 5.54. The van der Waals surface area contributed by atoms with Crippen molar-refractivity contribution < 1.29 is 18.1 Å². The van der Waals surface area contributed by atoms with E-state index in [2.05, 4.69) is 24.9 Å². The third-order valence-electron chi connectivity index (χ3n) is 4.91. The van der Waals surface area contributed by atoms with Crippen molar-refractivity contribution in [2.24, 2.45) is 0 Å². The van der Waals surface area contributed by atoms with Gasteiger partial charge in [0, 0.05) is 42.7 Å². The van der Waals surface area contributed by atoms with Crippen LogP contribution in [-0.4, -0.2) is 49.6 Å². The van der Waals surface area contributed by atoms with Crippen molar-refractivity contribution in [2.75, 3.05) is 41.2 Å². The number of sulfonamides is 1. The zero-order valence-corrected chi connectivity index (χ0v) is 18.6. The van der Waals surface area contributed by atoms with E-state index in [-0.39, 0.29) is 10.6 Å². The number of morpholine rings is 1. The number of anilines is 4. The fourth-order valence-electron chi connectivity index (χ4n) is 3.32. The summed E-state index contributed by atoms with van der Waals surface area (Å²) in [6, 6.07) is 13.3. The second kappa shape index (κ2) is 9.38. The standard InChI is InChI=1S/C21H22N6O5S/c1-15-22-20(14-21(23-15)26-9-11-32-12-10-26)24-16-5-7-17(8-6-16)25-33(30,31)19-4-2-3-18(13-19)27(28)29/h2-8,13-14,25H,9-12H2,1H3,(H,22,23,24). The number of nitro groups is 1. The molecule has 0 amide bonds. The number of ether oxygens (including phenoxy) is 1. The molecule has 2 heterocycles. The molecule has 1 fully saturated rings. The van der Waals surface area contributed by atoms with E-state index in [1.165, 1.54) is 18.2 Å². The van der Waals surface area contributed by atoms with Gasteiger partial charge in [-0.15, -0.1) is 0 Å². The minimum absolute atomic E-state index is 0.189. The lowest BCUT2D eigenvalue weighted by atomic mass is 10.3. The Morgan fingerprint density at radius 1 is 1.03 bits per heavy atom. The number of benzene rings is 2. The first-order valence-corrected chi connectivity index (χ1v) is 11.6. The summed E-state index contributed by atoms with van der Waals surface area (Å²) in [5, 5.41) is 14.1. The molecule has 0 unspecified atom stereocenters. The van der Waals surface area contributed by atoms with Gasteiger partial charge in [-0.05, 0) is 37.3 Å². The Morgan fingerprint density at radius 3 is 2.42 bits per heavy atom. The highest BCUT2D eigenvalue weighted by Gasteiger charge is 2.18. The van der Waals surface area contributed by atoms with E-state index in [0.29, 0.717) is 36.2 Å². The Kier molecular flexibility index (Phi) is 6.38. The lowest BCUT2D eigenvalue weighted by molar-refractivity contribution is -0.385. The number of nitrogens with zero attached hydrogens (tertiary/aromatic N) is 4. The lowest BCUT2D eigenvalue weighted by Gasteiger charge is -2.28. The highest BCUT2D eigenvalue weighted by molar-refractivity contribution is 7.92. The maximum absolute atomic E-state index is 12.6. The summed E-state index contributed by atoms with van der Waals surface area (Å²) in [5.41, 5.74) is 0.730. The van der Waals surface area contributed by atoms with Gasteiger partial charge in [-0.25, -0.2) is 18.4 Å². The van der Waals surface area contributed by atoms with Crippen molar-refractivity contribution in [3.05, 3.63) is 70.5 Å². The molecule has 2 aromatic carbocycles. The van der Waals surface area contributed by atoms with Crippen LogP contribution in [0.1, 0.15) is 5.82 Å². The van der Waals surface area contributed by atoms with Crippen LogP contribution < -0.4 is 14.9 Å². The summed E-state index contributed by atoms with van der Waals surface area (Å²) in [4.78, 5) is 21.2. The molecular weight excluding hydrogens is 448 g/mol. The Morgan fingerprint density at radius 2 is 1.73 bits per heavy atom. The number of nitro benzene ring substituents is 1. The Labute approximate surface area is 190 Å². The van der Waals surface area contributed by atoms with Crippen molar-refractivity contribution in [1.29, 1.82) is 0 Å². The lowest BCUT2D eigenvalue weighted by Crippen LogP contribution is -2.36. The number of non-ortho nitro benzene ring substituents is 1. The van der Waals surface area contributed by atoms with Crippen molar-refractivity contribution in [1.82, 2.24) is 9.97 Å². The second-order valence-electron chi connectivity index (χ2n) is 7.32. The molecule has 0 spiro atoms. The minimum Gasteiger partial charge on any atom is -0.378 e. The van der Waals surface area contributed by atoms with Gasteiger partial charge < -0.3 is 15.0 Å². The average molecular weight is 471 g/mol. The first kappa shape index (κ1) is 22.4. The van der Waals surface area contributed by atoms with Gasteiger partial charge in [-0.1, -0.05) is 6.07 Å². The van der Waals surface area contributed by atoms with E-state index in [1.54, 1.807) is 24.3 Å². The van der Waals surface area contributed by atoms with Gasteiger partial charge in [-0.3, -0.25) is 14.8 Å². The van der Waals surface area contributed by atoms with Crippen LogP contribution in [0.15, 0.2) is 59.5 Å². The molecule has 3 aromatic rings. The molecule has 0 atom stereocenters. The largest absolute Gasteiger partial charge is 0.378 e. The van der Waals surface area contributed by atoms with Crippen LogP contribution in [0.25, 0.3) is 0 Å². The molecule has 0 aliphatic carbocycles. The van der Waals surface area contributed by atoms with Crippen molar-refractivity contribution >= 4 is 38.7 Å². The van der Waals surface area contributed by atoms with Crippen molar-refractivity contribution in [3.8, 4) is 0 Å². The molecule has 4 rings (SSSR count). The number of aryl methyl sites for hydroxylation is 1. The van der Waals surface area contributed by atoms with E-state index in [0.717, 1.165) is 25.0 Å². The number of aromatic nitrogens is 2. The first-order valence-electron chi connectivity index (χ1n) is 10.1. The summed E-state index contributed by atoms with van der Waals surface area (Å²) < 4.78 is 33.0. The molecular formula is C21H22N6O5S. The molecule has 33 heavy (non-hydrogen) atoms. The number of rotatable bonds is 7. The maximum Gasteiger partial charge on any atom is 0.270 e. The van der Waals surface area contributed by atoms with Crippen LogP contribution >= 0.6 is 0 Å². The number of nitrogens with one attached hydrogen (secondary N) is 2. The predicted octanol–water partition coefficient (Wildman–Crippen LogP) is 3.07. The fraction of sp³-hybridized carbons (Fsp3) is 0.238. The highest BCUT2D eigenvalue weighted by Crippen LogP contribution is 2.24. The normalized spacial score (nSPS) is 14.0. The Hall–Kier alpha value is -3.77. The molecule has 1 saturated heterocycles. The van der Waals surface area contributed by atoms with Crippen molar-refractivity contribution in [2.45, 2.75) is 11.8 Å². The third-order valence-corrected chi connectivity index (χ3v) is 6.29. The van der Waals surface area contributed by atoms with E-state index < -0.39 is 14.9 Å². The van der Waals surface area contributed by atoms with Crippen LogP contribution in [0.4, 0.5) is 28.7 Å². The van der Waals surface area contributed by atoms with Crippen LogP contribution in [0.5, 0.6) is 0 Å². The Bertz CT molecular complexity index is 1260. The van der Waals surface area contributed by atoms with Crippen LogP contribution in [0.3, 0.4) is 0 Å². The molecule has 11 nitrogen and oxygen atoms in total. The number of hydrogen-bond donors (Lipinski definition) is 2.